The van der Waals surface area contributed by atoms with Crippen LogP contribution in [0.1, 0.15) is 17.3 Å². The molecule has 2 rings (SSSR count). The predicted octanol–water partition coefficient (Wildman–Crippen LogP) is 1.37. The van der Waals surface area contributed by atoms with Crippen molar-refractivity contribution < 1.29 is 9.53 Å². The quantitative estimate of drug-likeness (QED) is 0.824. The molecule has 1 fully saturated rings. The molecule has 0 saturated carbocycles. The Bertz CT molecular complexity index is 455. The Morgan fingerprint density at radius 1 is 1.45 bits per heavy atom. The summed E-state index contributed by atoms with van der Waals surface area (Å²) in [6, 6.07) is 4.92. The molecule has 1 unspecified atom stereocenters. The summed E-state index contributed by atoms with van der Waals surface area (Å²) >= 11 is 5.90. The summed E-state index contributed by atoms with van der Waals surface area (Å²) in [7, 11) is 0. The summed E-state index contributed by atoms with van der Waals surface area (Å²) < 4.78 is 5.30. The lowest BCUT2D eigenvalue weighted by Crippen LogP contribution is -2.46. The van der Waals surface area contributed by atoms with Gasteiger partial charge in [0.1, 0.15) is 0 Å². The van der Waals surface area contributed by atoms with Crippen molar-refractivity contribution in [3.63, 3.8) is 0 Å². The Hall–Kier alpha value is -1.30. The topological polar surface area (TPSA) is 67.6 Å². The van der Waals surface area contributed by atoms with Crippen LogP contribution in [0.2, 0.25) is 5.02 Å². The molecule has 1 atom stereocenters. The summed E-state index contributed by atoms with van der Waals surface area (Å²) in [6.07, 6.45) is 0. The Morgan fingerprint density at radius 3 is 2.80 bits per heavy atom. The number of morpholine rings is 1. The molecule has 1 amide bonds. The molecule has 0 aromatic heterocycles. The number of anilines is 1. The molecule has 3 N–H and O–H groups in total. The second-order valence-electron chi connectivity index (χ2n) is 5.06. The average molecular weight is 298 g/mol. The third-order valence-corrected chi connectivity index (χ3v) is 3.41. The molecule has 0 radical (unpaired) electrons. The second kappa shape index (κ2) is 6.92. The van der Waals surface area contributed by atoms with E-state index >= 15 is 0 Å². The van der Waals surface area contributed by atoms with Crippen LogP contribution >= 0.6 is 11.6 Å². The highest BCUT2D eigenvalue weighted by Crippen LogP contribution is 2.16. The standard InChI is InChI=1S/C14H20ClN3O2/c1-10(9-18-2-4-20-5-3-18)17-14(19)11-6-12(15)8-13(16)7-11/h6-8,10H,2-5,9,16H2,1H3,(H,17,19). The van der Waals surface area contributed by atoms with Gasteiger partial charge in [-0.2, -0.15) is 0 Å². The van der Waals surface area contributed by atoms with E-state index in [0.29, 0.717) is 16.3 Å². The molecule has 20 heavy (non-hydrogen) atoms. The van der Waals surface area contributed by atoms with E-state index in [1.54, 1.807) is 18.2 Å². The zero-order valence-corrected chi connectivity index (χ0v) is 12.3. The van der Waals surface area contributed by atoms with Gasteiger partial charge in [-0.3, -0.25) is 9.69 Å². The molecule has 0 aliphatic carbocycles. The Balaban J connectivity index is 1.89. The summed E-state index contributed by atoms with van der Waals surface area (Å²) in [5.74, 6) is -0.153. The molecule has 110 valence electrons. The Kier molecular flexibility index (Phi) is 5.23. The Morgan fingerprint density at radius 2 is 2.15 bits per heavy atom. The largest absolute Gasteiger partial charge is 0.399 e. The predicted molar refractivity (Wildman–Crippen MR) is 80.1 cm³/mol. The lowest BCUT2D eigenvalue weighted by atomic mass is 10.1. The fourth-order valence-corrected chi connectivity index (χ4v) is 2.51. The van der Waals surface area contributed by atoms with Gasteiger partial charge in [-0.05, 0) is 25.1 Å². The molecule has 1 aliphatic heterocycles. The zero-order chi connectivity index (χ0) is 14.5. The first-order valence-corrected chi connectivity index (χ1v) is 7.09. The highest BCUT2D eigenvalue weighted by Gasteiger charge is 2.16. The van der Waals surface area contributed by atoms with Crippen LogP contribution in [-0.2, 0) is 4.74 Å². The molecular formula is C14H20ClN3O2. The van der Waals surface area contributed by atoms with Gasteiger partial charge >= 0.3 is 0 Å². The van der Waals surface area contributed by atoms with Crippen LogP contribution in [0.25, 0.3) is 0 Å². The number of hydrogen-bond donors (Lipinski definition) is 2. The van der Waals surface area contributed by atoms with Crippen LogP contribution in [0.15, 0.2) is 18.2 Å². The van der Waals surface area contributed by atoms with Crippen molar-refractivity contribution in [2.75, 3.05) is 38.6 Å². The van der Waals surface area contributed by atoms with Crippen LogP contribution < -0.4 is 11.1 Å². The second-order valence-corrected chi connectivity index (χ2v) is 5.50. The van der Waals surface area contributed by atoms with E-state index in [0.717, 1.165) is 32.8 Å². The van der Waals surface area contributed by atoms with Gasteiger partial charge in [-0.25, -0.2) is 0 Å². The van der Waals surface area contributed by atoms with Crippen LogP contribution in [0.3, 0.4) is 0 Å². The monoisotopic (exact) mass is 297 g/mol. The molecule has 1 saturated heterocycles. The van der Waals surface area contributed by atoms with Gasteiger partial charge in [-0.1, -0.05) is 11.6 Å². The highest BCUT2D eigenvalue weighted by molar-refractivity contribution is 6.31. The number of ether oxygens (including phenoxy) is 1. The minimum Gasteiger partial charge on any atom is -0.399 e. The maximum atomic E-state index is 12.1. The molecule has 1 aromatic carbocycles. The number of carbonyl (C=O) groups excluding carboxylic acids is 1. The molecule has 1 aliphatic rings. The third kappa shape index (κ3) is 4.37. The van der Waals surface area contributed by atoms with Crippen molar-refractivity contribution >= 4 is 23.2 Å². The van der Waals surface area contributed by atoms with Gasteiger partial charge in [0, 0.05) is 41.9 Å². The third-order valence-electron chi connectivity index (χ3n) is 3.20. The Labute approximate surface area is 124 Å². The first-order valence-electron chi connectivity index (χ1n) is 6.71. The maximum absolute atomic E-state index is 12.1. The summed E-state index contributed by atoms with van der Waals surface area (Å²) in [4.78, 5) is 14.4. The van der Waals surface area contributed by atoms with Crippen molar-refractivity contribution in [1.82, 2.24) is 10.2 Å². The number of nitrogens with two attached hydrogens (primary N) is 1. The van der Waals surface area contributed by atoms with Gasteiger partial charge in [-0.15, -0.1) is 0 Å². The van der Waals surface area contributed by atoms with Gasteiger partial charge < -0.3 is 15.8 Å². The highest BCUT2D eigenvalue weighted by atomic mass is 35.5. The number of hydrogen-bond acceptors (Lipinski definition) is 4. The van der Waals surface area contributed by atoms with E-state index in [4.69, 9.17) is 22.1 Å². The van der Waals surface area contributed by atoms with Crippen LogP contribution in [-0.4, -0.2) is 49.7 Å². The summed E-state index contributed by atoms with van der Waals surface area (Å²) in [6.45, 7) is 6.12. The first-order chi connectivity index (χ1) is 9.54. The molecule has 5 nitrogen and oxygen atoms in total. The number of amides is 1. The number of benzene rings is 1. The summed E-state index contributed by atoms with van der Waals surface area (Å²) in [5.41, 5.74) is 6.67. The lowest BCUT2D eigenvalue weighted by Gasteiger charge is -2.29. The fourth-order valence-electron chi connectivity index (χ4n) is 2.27. The number of rotatable bonds is 4. The first kappa shape index (κ1) is 15.1. The average Bonchev–Trinajstić information content (AvgIpc) is 2.38. The normalized spacial score (nSPS) is 17.7. The van der Waals surface area contributed by atoms with Crippen LogP contribution in [0.4, 0.5) is 5.69 Å². The summed E-state index contributed by atoms with van der Waals surface area (Å²) in [5, 5.41) is 3.43. The smallest absolute Gasteiger partial charge is 0.251 e. The van der Waals surface area contributed by atoms with Gasteiger partial charge in [0.25, 0.3) is 5.91 Å². The van der Waals surface area contributed by atoms with Crippen molar-refractivity contribution in [3.8, 4) is 0 Å². The van der Waals surface area contributed by atoms with Gasteiger partial charge in [0.05, 0.1) is 13.2 Å². The van der Waals surface area contributed by atoms with Gasteiger partial charge in [0.2, 0.25) is 0 Å². The SMILES string of the molecule is CC(CN1CCOCC1)NC(=O)c1cc(N)cc(Cl)c1. The zero-order valence-electron chi connectivity index (χ0n) is 11.6. The minimum atomic E-state index is -0.153. The number of nitrogens with one attached hydrogen (secondary N) is 1. The number of halogens is 1. The molecule has 1 heterocycles. The molecule has 0 bridgehead atoms. The van der Waals surface area contributed by atoms with E-state index in [-0.39, 0.29) is 11.9 Å². The van der Waals surface area contributed by atoms with E-state index in [9.17, 15) is 4.79 Å². The number of nitrogens with zero attached hydrogens (tertiary/aromatic N) is 1. The van der Waals surface area contributed by atoms with E-state index in [1.165, 1.54) is 0 Å². The lowest BCUT2D eigenvalue weighted by molar-refractivity contribution is 0.0342. The van der Waals surface area contributed by atoms with Gasteiger partial charge in [0.15, 0.2) is 0 Å². The maximum Gasteiger partial charge on any atom is 0.251 e. The van der Waals surface area contributed by atoms with Crippen LogP contribution in [0, 0.1) is 0 Å². The van der Waals surface area contributed by atoms with E-state index < -0.39 is 0 Å². The number of carbonyl (C=O) groups is 1. The molecular weight excluding hydrogens is 278 g/mol. The van der Waals surface area contributed by atoms with E-state index in [1.807, 2.05) is 6.92 Å². The van der Waals surface area contributed by atoms with Crippen molar-refractivity contribution in [2.45, 2.75) is 13.0 Å². The van der Waals surface area contributed by atoms with E-state index in [2.05, 4.69) is 10.2 Å². The van der Waals surface area contributed by atoms with Crippen molar-refractivity contribution in [2.24, 2.45) is 0 Å². The van der Waals surface area contributed by atoms with Crippen LogP contribution in [0.5, 0.6) is 0 Å². The minimum absolute atomic E-state index is 0.0563. The molecule has 0 spiro atoms. The fraction of sp³-hybridized carbons (Fsp3) is 0.500. The number of nitrogen functional groups attached to an aromatic ring is 1. The molecule has 1 aromatic rings. The molecule has 6 heteroatoms. The van der Waals surface area contributed by atoms with Crippen molar-refractivity contribution in [1.29, 1.82) is 0 Å². The van der Waals surface area contributed by atoms with Crippen molar-refractivity contribution in [3.05, 3.63) is 28.8 Å².